The van der Waals surface area contributed by atoms with Gasteiger partial charge in [-0.1, -0.05) is 20.8 Å². The Bertz CT molecular complexity index is 758. The molecule has 9 heteroatoms. The largest absolute Gasteiger partial charge is 0.414 e. The molecule has 2 aromatic rings. The molecular weight excluding hydrogens is 338 g/mol. The maximum Gasteiger partial charge on any atom is 0.192 e. The fraction of sp³-hybridized carbons (Fsp3) is 0.688. The fourth-order valence-corrected chi connectivity index (χ4v) is 3.64. The van der Waals surface area contributed by atoms with Crippen LogP contribution in [0, 0.1) is 0 Å². The summed E-state index contributed by atoms with van der Waals surface area (Å²) in [6.07, 6.45) is 2.19. The lowest BCUT2D eigenvalue weighted by Gasteiger charge is -2.37. The first-order valence-corrected chi connectivity index (χ1v) is 11.4. The highest BCUT2D eigenvalue weighted by atomic mass is 28.4. The lowest BCUT2D eigenvalue weighted by molar-refractivity contribution is -0.0405. The molecule has 0 aliphatic carbocycles. The maximum atomic E-state index is 10.4. The van der Waals surface area contributed by atoms with Crippen molar-refractivity contribution in [3.8, 4) is 0 Å². The van der Waals surface area contributed by atoms with Crippen molar-refractivity contribution in [1.82, 2.24) is 19.5 Å². The summed E-state index contributed by atoms with van der Waals surface area (Å²) in [7, 11) is -1.89. The Morgan fingerprint density at radius 2 is 2.08 bits per heavy atom. The Morgan fingerprint density at radius 1 is 1.36 bits per heavy atom. The summed E-state index contributed by atoms with van der Waals surface area (Å²) in [6.45, 7) is 11.3. The van der Waals surface area contributed by atoms with Crippen LogP contribution in [0.1, 0.15) is 33.4 Å². The molecular formula is C16H27N5O3Si. The van der Waals surface area contributed by atoms with E-state index in [-0.39, 0.29) is 17.4 Å². The van der Waals surface area contributed by atoms with E-state index in [1.807, 2.05) is 0 Å². The van der Waals surface area contributed by atoms with E-state index in [0.29, 0.717) is 30.0 Å². The Hall–Kier alpha value is -1.55. The molecule has 2 aromatic heterocycles. The van der Waals surface area contributed by atoms with Crippen LogP contribution < -0.4 is 5.73 Å². The number of nitrogens with two attached hydrogens (primary N) is 1. The number of aliphatic hydroxyl groups is 1. The van der Waals surface area contributed by atoms with Crippen molar-refractivity contribution in [3.05, 3.63) is 12.7 Å². The number of rotatable bonds is 4. The van der Waals surface area contributed by atoms with Crippen molar-refractivity contribution >= 4 is 25.3 Å². The number of aromatic nitrogens is 4. The number of aliphatic hydroxyl groups excluding tert-OH is 1. The second-order valence-corrected chi connectivity index (χ2v) is 12.9. The van der Waals surface area contributed by atoms with Gasteiger partial charge in [-0.2, -0.15) is 0 Å². The lowest BCUT2D eigenvalue weighted by Crippen LogP contribution is -2.43. The van der Waals surface area contributed by atoms with E-state index in [1.54, 1.807) is 10.9 Å². The van der Waals surface area contributed by atoms with Gasteiger partial charge in [-0.05, 0) is 18.1 Å². The Morgan fingerprint density at radius 3 is 2.76 bits per heavy atom. The van der Waals surface area contributed by atoms with E-state index >= 15 is 0 Å². The van der Waals surface area contributed by atoms with Gasteiger partial charge in [0.1, 0.15) is 24.2 Å². The molecule has 0 radical (unpaired) electrons. The highest BCUT2D eigenvalue weighted by Crippen LogP contribution is 2.38. The molecule has 0 bridgehead atoms. The van der Waals surface area contributed by atoms with Crippen molar-refractivity contribution in [2.24, 2.45) is 0 Å². The first-order chi connectivity index (χ1) is 11.6. The second kappa shape index (κ2) is 6.31. The van der Waals surface area contributed by atoms with Crippen LogP contribution in [0.4, 0.5) is 5.82 Å². The molecule has 1 saturated heterocycles. The minimum atomic E-state index is -1.89. The minimum Gasteiger partial charge on any atom is -0.414 e. The molecule has 0 aromatic carbocycles. The predicted octanol–water partition coefficient (Wildman–Crippen LogP) is 2.08. The fourth-order valence-electron chi connectivity index (χ4n) is 2.62. The van der Waals surface area contributed by atoms with Gasteiger partial charge < -0.3 is 20.0 Å². The van der Waals surface area contributed by atoms with Crippen LogP contribution in [0.2, 0.25) is 18.1 Å². The van der Waals surface area contributed by atoms with Crippen molar-refractivity contribution < 1.29 is 14.3 Å². The number of hydrogen-bond donors (Lipinski definition) is 2. The molecule has 0 spiro atoms. The summed E-state index contributed by atoms with van der Waals surface area (Å²) in [4.78, 5) is 12.4. The van der Waals surface area contributed by atoms with Crippen molar-refractivity contribution in [2.75, 3.05) is 12.3 Å². The normalized spacial score (nSPS) is 25.0. The zero-order chi connectivity index (χ0) is 18.4. The molecule has 1 aliphatic rings. The predicted molar refractivity (Wildman–Crippen MR) is 97.4 cm³/mol. The first-order valence-electron chi connectivity index (χ1n) is 8.50. The molecule has 1 fully saturated rings. The second-order valence-electron chi connectivity index (χ2n) is 8.09. The van der Waals surface area contributed by atoms with Crippen LogP contribution in [0.5, 0.6) is 0 Å². The quantitative estimate of drug-likeness (QED) is 0.798. The summed E-state index contributed by atoms with van der Waals surface area (Å²) in [5, 5.41) is 10.5. The number of imidazole rings is 1. The molecule has 3 N–H and O–H groups in total. The van der Waals surface area contributed by atoms with Crippen molar-refractivity contribution in [3.63, 3.8) is 0 Å². The highest BCUT2D eigenvalue weighted by molar-refractivity contribution is 6.74. The third-order valence-electron chi connectivity index (χ3n) is 5.32. The smallest absolute Gasteiger partial charge is 0.192 e. The summed E-state index contributed by atoms with van der Waals surface area (Å²) < 4.78 is 14.0. The van der Waals surface area contributed by atoms with Crippen LogP contribution >= 0.6 is 0 Å². The van der Waals surface area contributed by atoms with Gasteiger partial charge in [-0.15, -0.1) is 0 Å². The van der Waals surface area contributed by atoms with Gasteiger partial charge in [0, 0.05) is 6.42 Å². The van der Waals surface area contributed by atoms with Gasteiger partial charge in [-0.3, -0.25) is 4.57 Å². The third-order valence-corrected chi connectivity index (χ3v) is 9.82. The Labute approximate surface area is 148 Å². The summed E-state index contributed by atoms with van der Waals surface area (Å²) in [5.74, 6) is 0.333. The molecule has 3 atom stereocenters. The number of ether oxygens (including phenoxy) is 1. The van der Waals surface area contributed by atoms with E-state index in [9.17, 15) is 5.11 Å². The van der Waals surface area contributed by atoms with E-state index < -0.39 is 14.4 Å². The summed E-state index contributed by atoms with van der Waals surface area (Å²) in [6, 6.07) is 0. The third kappa shape index (κ3) is 3.41. The van der Waals surface area contributed by atoms with Crippen molar-refractivity contribution in [1.29, 1.82) is 0 Å². The van der Waals surface area contributed by atoms with Gasteiger partial charge in [0.05, 0.1) is 19.0 Å². The molecule has 3 rings (SSSR count). The average Bonchev–Trinajstić information content (AvgIpc) is 3.08. The number of hydrogen-bond acceptors (Lipinski definition) is 7. The molecule has 25 heavy (non-hydrogen) atoms. The van der Waals surface area contributed by atoms with Crippen LogP contribution in [-0.4, -0.2) is 51.8 Å². The Kier molecular flexibility index (Phi) is 4.61. The molecule has 1 aliphatic heterocycles. The highest BCUT2D eigenvalue weighted by Gasteiger charge is 2.41. The van der Waals surface area contributed by atoms with Crippen LogP contribution in [0.25, 0.3) is 11.2 Å². The van der Waals surface area contributed by atoms with Gasteiger partial charge >= 0.3 is 0 Å². The molecule has 8 nitrogen and oxygen atoms in total. The SMILES string of the molecule is CC(C)(C)[Si](C)(C)OC[C@@H]1O[C@H](n2cnc3c(N)ncnc32)C[C@@H]1O. The Balaban J connectivity index is 1.72. The number of fused-ring (bicyclic) bond motifs is 1. The van der Waals surface area contributed by atoms with Crippen molar-refractivity contribution in [2.45, 2.75) is 63.8 Å². The molecule has 0 saturated carbocycles. The van der Waals surface area contributed by atoms with E-state index in [2.05, 4.69) is 48.8 Å². The summed E-state index contributed by atoms with van der Waals surface area (Å²) in [5.41, 5.74) is 6.98. The first kappa shape index (κ1) is 18.2. The van der Waals surface area contributed by atoms with E-state index in [4.69, 9.17) is 14.9 Å². The zero-order valence-electron chi connectivity index (χ0n) is 15.4. The van der Waals surface area contributed by atoms with Gasteiger partial charge in [0.25, 0.3) is 0 Å². The topological polar surface area (TPSA) is 108 Å². The standard InChI is InChI=1S/C16H27N5O3Si/c1-16(2,3)25(4,5)23-7-11-10(22)6-12(24-11)21-9-20-13-14(17)18-8-19-15(13)21/h8-12,22H,6-7H2,1-5H3,(H2,17,18,19)/t10-,11-,12-/m0/s1. The summed E-state index contributed by atoms with van der Waals surface area (Å²) >= 11 is 0. The van der Waals surface area contributed by atoms with Crippen LogP contribution in [0.15, 0.2) is 12.7 Å². The zero-order valence-corrected chi connectivity index (χ0v) is 16.4. The van der Waals surface area contributed by atoms with E-state index in [1.165, 1.54) is 6.33 Å². The van der Waals surface area contributed by atoms with Gasteiger partial charge in [0.15, 0.2) is 19.8 Å². The minimum absolute atomic E-state index is 0.116. The lowest BCUT2D eigenvalue weighted by atomic mass is 10.2. The van der Waals surface area contributed by atoms with E-state index in [0.717, 1.165) is 0 Å². The van der Waals surface area contributed by atoms with Gasteiger partial charge in [0.2, 0.25) is 0 Å². The van der Waals surface area contributed by atoms with Crippen LogP contribution in [0.3, 0.4) is 0 Å². The van der Waals surface area contributed by atoms with Gasteiger partial charge in [-0.25, -0.2) is 15.0 Å². The number of nitrogen functional groups attached to an aromatic ring is 1. The van der Waals surface area contributed by atoms with Crippen LogP contribution in [-0.2, 0) is 9.16 Å². The average molecular weight is 366 g/mol. The monoisotopic (exact) mass is 365 g/mol. The molecule has 138 valence electrons. The molecule has 0 unspecified atom stereocenters. The number of nitrogens with zero attached hydrogens (tertiary/aromatic N) is 4. The molecule has 0 amide bonds. The number of anilines is 1. The maximum absolute atomic E-state index is 10.4. The molecule has 3 heterocycles.